The lowest BCUT2D eigenvalue weighted by Crippen LogP contribution is -2.32. The molecule has 1 fully saturated rings. The van der Waals surface area contributed by atoms with Crippen molar-refractivity contribution in [3.05, 3.63) is 47.2 Å². The second-order valence-corrected chi connectivity index (χ2v) is 10.4. The van der Waals surface area contributed by atoms with E-state index in [0.29, 0.717) is 17.9 Å². The molecule has 2 aromatic heterocycles. The molecule has 9 nitrogen and oxygen atoms in total. The minimum atomic E-state index is -0.197. The normalized spacial score (nSPS) is 21.5. The number of anilines is 2. The minimum Gasteiger partial charge on any atom is -0.493 e. The Labute approximate surface area is 219 Å². The van der Waals surface area contributed by atoms with E-state index >= 15 is 0 Å². The Kier molecular flexibility index (Phi) is 7.24. The third kappa shape index (κ3) is 4.84. The fraction of sp³-hybridized carbons (Fsp3) is 0.536. The van der Waals surface area contributed by atoms with Crippen LogP contribution in [-0.2, 0) is 0 Å². The van der Waals surface area contributed by atoms with Gasteiger partial charge in [0.2, 0.25) is 0 Å². The van der Waals surface area contributed by atoms with Gasteiger partial charge in [0, 0.05) is 51.4 Å². The van der Waals surface area contributed by atoms with E-state index in [0.717, 1.165) is 80.3 Å². The van der Waals surface area contributed by atoms with Crippen molar-refractivity contribution in [2.45, 2.75) is 58.0 Å². The molecule has 37 heavy (non-hydrogen) atoms. The number of fused-ring (bicyclic) bond motifs is 2. The second kappa shape index (κ2) is 10.6. The summed E-state index contributed by atoms with van der Waals surface area (Å²) in [6.07, 6.45) is 4.69. The number of nitrogens with two attached hydrogens (primary N) is 1. The molecule has 0 saturated carbocycles. The quantitative estimate of drug-likeness (QED) is 0.566. The Balaban J connectivity index is 1.62. The number of hydrogen-bond donors (Lipinski definition) is 1. The van der Waals surface area contributed by atoms with E-state index < -0.39 is 0 Å². The predicted molar refractivity (Wildman–Crippen MR) is 147 cm³/mol. The molecule has 2 aliphatic rings. The molecule has 2 aliphatic heterocycles. The Hall–Kier alpha value is -3.33. The Morgan fingerprint density at radius 3 is 2.70 bits per heavy atom. The van der Waals surface area contributed by atoms with Crippen molar-refractivity contribution in [2.75, 3.05) is 50.1 Å². The molecule has 0 aliphatic carbocycles. The number of rotatable bonds is 2. The summed E-state index contributed by atoms with van der Waals surface area (Å²) in [6.45, 7) is 7.43. The Bertz CT molecular complexity index is 1270. The first kappa shape index (κ1) is 25.3. The molecule has 1 aromatic carbocycles. The molecule has 4 heterocycles. The van der Waals surface area contributed by atoms with Gasteiger partial charge >= 0.3 is 0 Å². The monoisotopic (exact) mass is 505 g/mol. The fourth-order valence-corrected chi connectivity index (χ4v) is 5.67. The smallest absolute Gasteiger partial charge is 0.257 e. The summed E-state index contributed by atoms with van der Waals surface area (Å²) in [5.41, 5.74) is 9.57. The fourth-order valence-electron chi connectivity index (χ4n) is 5.67. The van der Waals surface area contributed by atoms with Gasteiger partial charge in [-0.05, 0) is 51.2 Å². The van der Waals surface area contributed by atoms with Gasteiger partial charge in [-0.3, -0.25) is 4.79 Å². The van der Waals surface area contributed by atoms with Crippen LogP contribution in [0.15, 0.2) is 30.3 Å². The average molecular weight is 506 g/mol. The van der Waals surface area contributed by atoms with Gasteiger partial charge in [-0.25, -0.2) is 4.98 Å². The summed E-state index contributed by atoms with van der Waals surface area (Å²) in [7, 11) is 3.98. The number of aromatic nitrogens is 3. The molecule has 0 radical (unpaired) electrons. The van der Waals surface area contributed by atoms with Crippen LogP contribution in [0.5, 0.6) is 5.75 Å². The maximum atomic E-state index is 13.7. The average Bonchev–Trinajstić information content (AvgIpc) is 3.51. The summed E-state index contributed by atoms with van der Waals surface area (Å²) < 4.78 is 8.04. The molecule has 0 spiro atoms. The zero-order chi connectivity index (χ0) is 26.1. The van der Waals surface area contributed by atoms with Crippen molar-refractivity contribution in [1.29, 1.82) is 0 Å². The van der Waals surface area contributed by atoms with Gasteiger partial charge in [-0.15, -0.1) is 0 Å². The molecule has 3 aromatic rings. The molecule has 2 atom stereocenters. The van der Waals surface area contributed by atoms with Crippen molar-refractivity contribution in [3.63, 3.8) is 0 Å². The first-order chi connectivity index (χ1) is 17.9. The molecular formula is C28H39N7O2. The summed E-state index contributed by atoms with van der Waals surface area (Å²) in [5, 5.41) is 5.05. The highest BCUT2D eigenvalue weighted by atomic mass is 16.5. The maximum Gasteiger partial charge on any atom is 0.257 e. The standard InChI is InChI=1S/C28H39N7O2/c1-5-23-22-17-25-30-26(34-15-13-20(29)18-34)19(2)27(35(25)31-22)32(3)14-9-6-10-16-37-24-12-8-7-11-21(24)28(36)33(23)4/h7-8,11-12,17,20,23H,5-6,9-10,13-16,18,29H2,1-4H3. The third-order valence-electron chi connectivity index (χ3n) is 7.72. The molecule has 5 rings (SSSR count). The highest BCUT2D eigenvalue weighted by Gasteiger charge is 2.29. The first-order valence-electron chi connectivity index (χ1n) is 13.5. The van der Waals surface area contributed by atoms with Gasteiger partial charge in [0.05, 0.1) is 23.9 Å². The lowest BCUT2D eigenvalue weighted by Gasteiger charge is -2.27. The van der Waals surface area contributed by atoms with E-state index in [1.807, 2.05) is 41.9 Å². The summed E-state index contributed by atoms with van der Waals surface area (Å²) in [5.74, 6) is 2.59. The van der Waals surface area contributed by atoms with Crippen molar-refractivity contribution < 1.29 is 9.53 Å². The summed E-state index contributed by atoms with van der Waals surface area (Å²) in [4.78, 5) is 25.1. The van der Waals surface area contributed by atoms with Crippen LogP contribution in [0.1, 0.15) is 66.7 Å². The molecule has 1 amide bonds. The molecule has 9 heteroatoms. The van der Waals surface area contributed by atoms with E-state index in [1.165, 1.54) is 0 Å². The number of ether oxygens (including phenoxy) is 1. The lowest BCUT2D eigenvalue weighted by atomic mass is 10.1. The van der Waals surface area contributed by atoms with E-state index in [1.54, 1.807) is 4.90 Å². The maximum absolute atomic E-state index is 13.7. The number of para-hydroxylation sites is 1. The molecule has 198 valence electrons. The number of amides is 1. The summed E-state index contributed by atoms with van der Waals surface area (Å²) >= 11 is 0. The van der Waals surface area contributed by atoms with Crippen LogP contribution < -0.4 is 20.3 Å². The van der Waals surface area contributed by atoms with Gasteiger partial charge in [0.25, 0.3) is 5.91 Å². The van der Waals surface area contributed by atoms with Crippen molar-refractivity contribution in [3.8, 4) is 5.75 Å². The molecular weight excluding hydrogens is 466 g/mol. The largest absolute Gasteiger partial charge is 0.493 e. The number of hydrogen-bond acceptors (Lipinski definition) is 7. The Morgan fingerprint density at radius 1 is 1.14 bits per heavy atom. The van der Waals surface area contributed by atoms with E-state index in [-0.39, 0.29) is 18.0 Å². The van der Waals surface area contributed by atoms with Crippen LogP contribution in [0.3, 0.4) is 0 Å². The lowest BCUT2D eigenvalue weighted by molar-refractivity contribution is 0.0718. The van der Waals surface area contributed by atoms with Gasteiger partial charge in [-0.1, -0.05) is 19.1 Å². The van der Waals surface area contributed by atoms with Crippen molar-refractivity contribution in [2.24, 2.45) is 5.73 Å². The Morgan fingerprint density at radius 2 is 1.95 bits per heavy atom. The van der Waals surface area contributed by atoms with Crippen molar-refractivity contribution in [1.82, 2.24) is 19.5 Å². The summed E-state index contributed by atoms with van der Waals surface area (Å²) in [6, 6.07) is 9.54. The topological polar surface area (TPSA) is 92.2 Å². The van der Waals surface area contributed by atoms with Gasteiger partial charge in [0.1, 0.15) is 17.4 Å². The number of carbonyl (C=O) groups is 1. The van der Waals surface area contributed by atoms with Crippen LogP contribution in [0.25, 0.3) is 5.65 Å². The highest BCUT2D eigenvalue weighted by molar-refractivity contribution is 5.97. The second-order valence-electron chi connectivity index (χ2n) is 10.4. The number of benzene rings is 1. The van der Waals surface area contributed by atoms with Crippen LogP contribution in [-0.4, -0.2) is 71.8 Å². The predicted octanol–water partition coefficient (Wildman–Crippen LogP) is 3.80. The minimum absolute atomic E-state index is 0.0696. The molecule has 2 N–H and O–H groups in total. The van der Waals surface area contributed by atoms with Gasteiger partial charge in [-0.2, -0.15) is 9.61 Å². The van der Waals surface area contributed by atoms with E-state index in [2.05, 4.69) is 30.7 Å². The van der Waals surface area contributed by atoms with Crippen LogP contribution in [0, 0.1) is 6.92 Å². The van der Waals surface area contributed by atoms with Crippen molar-refractivity contribution >= 4 is 23.2 Å². The van der Waals surface area contributed by atoms with E-state index in [9.17, 15) is 4.79 Å². The van der Waals surface area contributed by atoms with Crippen LogP contribution in [0.2, 0.25) is 0 Å². The van der Waals surface area contributed by atoms with E-state index in [4.69, 9.17) is 20.6 Å². The SMILES string of the molecule is CCC1c2cc3nc(N4CCC(N)C4)c(C)c(n3n2)N(C)CCCCCOc2ccccc2C(=O)N1C. The number of carbonyl (C=O) groups excluding carboxylic acids is 1. The third-order valence-corrected chi connectivity index (χ3v) is 7.72. The molecule has 2 unspecified atom stereocenters. The molecule has 1 saturated heterocycles. The zero-order valence-electron chi connectivity index (χ0n) is 22.5. The highest BCUT2D eigenvalue weighted by Crippen LogP contribution is 2.33. The van der Waals surface area contributed by atoms with Gasteiger partial charge < -0.3 is 25.2 Å². The molecule has 2 bridgehead atoms. The van der Waals surface area contributed by atoms with Gasteiger partial charge in [0.15, 0.2) is 5.65 Å². The van der Waals surface area contributed by atoms with Crippen LogP contribution >= 0.6 is 0 Å². The number of nitrogens with zero attached hydrogens (tertiary/aromatic N) is 6. The van der Waals surface area contributed by atoms with Crippen LogP contribution in [0.4, 0.5) is 11.6 Å². The first-order valence-corrected chi connectivity index (χ1v) is 13.5. The zero-order valence-corrected chi connectivity index (χ0v) is 22.5.